The van der Waals surface area contributed by atoms with Crippen LogP contribution in [-0.2, 0) is 0 Å². The monoisotopic (exact) mass is 343 g/mol. The van der Waals surface area contributed by atoms with Crippen LogP contribution >= 0.6 is 0 Å². The molecule has 0 aliphatic carbocycles. The summed E-state index contributed by atoms with van der Waals surface area (Å²) in [6, 6.07) is 4.15. The third-order valence-corrected chi connectivity index (χ3v) is 3.32. The first kappa shape index (κ1) is 17.8. The number of halogens is 3. The van der Waals surface area contributed by atoms with Crippen LogP contribution in [0.4, 0.5) is 23.7 Å². The molecule has 1 unspecified atom stereocenters. The largest absolute Gasteiger partial charge is 0.445 e. The maximum atomic E-state index is 12.3. The topological polar surface area (TPSA) is 78.6 Å². The predicted molar refractivity (Wildman–Crippen MR) is 80.4 cm³/mol. The van der Waals surface area contributed by atoms with Crippen LogP contribution in [0.2, 0.25) is 0 Å². The van der Waals surface area contributed by atoms with Gasteiger partial charge in [-0.25, -0.2) is 9.78 Å². The van der Waals surface area contributed by atoms with E-state index in [0.29, 0.717) is 17.1 Å². The Morgan fingerprint density at radius 2 is 2.17 bits per heavy atom. The van der Waals surface area contributed by atoms with Gasteiger partial charge in [-0.1, -0.05) is 6.07 Å². The van der Waals surface area contributed by atoms with Gasteiger partial charge in [-0.05, 0) is 24.6 Å². The smallest absolute Gasteiger partial charge is 0.416 e. The molecule has 0 radical (unpaired) electrons. The number of nitrogens with zero attached hydrogens (tertiary/aromatic N) is 2. The Morgan fingerprint density at radius 3 is 2.75 bits per heavy atom. The highest BCUT2D eigenvalue weighted by molar-refractivity contribution is 5.90. The Balaban J connectivity index is 2.08. The van der Waals surface area contributed by atoms with Crippen molar-refractivity contribution < 1.29 is 27.5 Å². The second-order valence-electron chi connectivity index (χ2n) is 5.24. The number of hydrogen-bond acceptors (Lipinski definition) is 4. The molecule has 24 heavy (non-hydrogen) atoms. The average molecular weight is 343 g/mol. The number of likely N-dealkylation sites (N-methyl/N-ethyl adjacent to an activating group) is 1. The van der Waals surface area contributed by atoms with E-state index < -0.39 is 24.9 Å². The summed E-state index contributed by atoms with van der Waals surface area (Å²) in [5.41, 5.74) is 1.87. The standard InChI is InChI=1S/C15H16F3N3O3/c1-9-3-4-10(7-11(9)13-19-5-6-24-13)20-14(23)21(2)8-12(22)15(16,17)18/h3-7,12,22H,8H2,1-2H3,(H,20,23). The van der Waals surface area contributed by atoms with Crippen LogP contribution in [0.15, 0.2) is 35.1 Å². The number of rotatable bonds is 4. The van der Waals surface area contributed by atoms with Crippen LogP contribution in [0.3, 0.4) is 0 Å². The molecule has 9 heteroatoms. The molecule has 130 valence electrons. The molecule has 0 fully saturated rings. The van der Waals surface area contributed by atoms with Gasteiger partial charge in [0.25, 0.3) is 0 Å². The number of hydrogen-bond donors (Lipinski definition) is 2. The summed E-state index contributed by atoms with van der Waals surface area (Å²) in [5.74, 6) is 0.365. The fourth-order valence-electron chi connectivity index (χ4n) is 1.95. The number of carbonyl (C=O) groups is 1. The summed E-state index contributed by atoms with van der Waals surface area (Å²) in [6.07, 6.45) is -4.50. The van der Waals surface area contributed by atoms with Gasteiger partial charge < -0.3 is 19.7 Å². The second-order valence-corrected chi connectivity index (χ2v) is 5.24. The Morgan fingerprint density at radius 1 is 1.46 bits per heavy atom. The van der Waals surface area contributed by atoms with E-state index in [9.17, 15) is 18.0 Å². The Hall–Kier alpha value is -2.55. The maximum Gasteiger partial charge on any atom is 0.416 e. The van der Waals surface area contributed by atoms with Gasteiger partial charge in [0.1, 0.15) is 6.26 Å². The first-order valence-electron chi connectivity index (χ1n) is 6.96. The number of alkyl halides is 3. The lowest BCUT2D eigenvalue weighted by molar-refractivity contribution is -0.205. The predicted octanol–water partition coefficient (Wildman–Crippen LogP) is 3.04. The number of aryl methyl sites for hydroxylation is 1. The molecule has 2 N–H and O–H groups in total. The molecule has 6 nitrogen and oxygen atoms in total. The zero-order chi connectivity index (χ0) is 17.9. The minimum absolute atomic E-state index is 0.365. The van der Waals surface area contributed by atoms with Crippen molar-refractivity contribution >= 4 is 11.7 Å². The van der Waals surface area contributed by atoms with Crippen molar-refractivity contribution in [3.8, 4) is 11.5 Å². The van der Waals surface area contributed by atoms with E-state index >= 15 is 0 Å². The molecule has 2 amide bonds. The van der Waals surface area contributed by atoms with Gasteiger partial charge in [0.05, 0.1) is 12.7 Å². The van der Waals surface area contributed by atoms with E-state index in [1.807, 2.05) is 6.92 Å². The average Bonchev–Trinajstić information content (AvgIpc) is 3.02. The summed E-state index contributed by atoms with van der Waals surface area (Å²) in [5, 5.41) is 11.5. The van der Waals surface area contributed by atoms with Crippen LogP contribution in [0, 0.1) is 6.92 Å². The van der Waals surface area contributed by atoms with E-state index in [0.717, 1.165) is 17.5 Å². The summed E-state index contributed by atoms with van der Waals surface area (Å²) >= 11 is 0. The van der Waals surface area contributed by atoms with Crippen molar-refractivity contribution in [1.29, 1.82) is 0 Å². The summed E-state index contributed by atoms with van der Waals surface area (Å²) in [4.78, 5) is 16.7. The quantitative estimate of drug-likeness (QED) is 0.894. The van der Waals surface area contributed by atoms with Gasteiger partial charge in [0.2, 0.25) is 5.89 Å². The van der Waals surface area contributed by atoms with E-state index in [-0.39, 0.29) is 0 Å². The molecule has 2 rings (SSSR count). The number of benzene rings is 1. The van der Waals surface area contributed by atoms with Gasteiger partial charge in [-0.15, -0.1) is 0 Å². The Bertz CT molecular complexity index is 702. The van der Waals surface area contributed by atoms with Crippen molar-refractivity contribution in [2.45, 2.75) is 19.2 Å². The minimum Gasteiger partial charge on any atom is -0.445 e. The first-order valence-corrected chi connectivity index (χ1v) is 6.96. The Kier molecular flexibility index (Phi) is 5.13. The van der Waals surface area contributed by atoms with E-state index in [2.05, 4.69) is 10.3 Å². The lowest BCUT2D eigenvalue weighted by Crippen LogP contribution is -2.43. The number of aliphatic hydroxyl groups excluding tert-OH is 1. The van der Waals surface area contributed by atoms with E-state index in [1.165, 1.54) is 12.5 Å². The van der Waals surface area contributed by atoms with Crippen LogP contribution < -0.4 is 5.32 Å². The zero-order valence-corrected chi connectivity index (χ0v) is 13.0. The number of urea groups is 1. The molecule has 2 aromatic rings. The SMILES string of the molecule is Cc1ccc(NC(=O)N(C)CC(O)C(F)(F)F)cc1-c1ncco1. The van der Waals surface area contributed by atoms with Crippen molar-refractivity contribution in [2.75, 3.05) is 18.9 Å². The molecule has 0 aliphatic heterocycles. The van der Waals surface area contributed by atoms with Gasteiger partial charge in [-0.3, -0.25) is 0 Å². The molecule has 0 saturated heterocycles. The molecule has 0 saturated carbocycles. The highest BCUT2D eigenvalue weighted by Crippen LogP contribution is 2.25. The van der Waals surface area contributed by atoms with Crippen LogP contribution in [0.5, 0.6) is 0 Å². The van der Waals surface area contributed by atoms with Crippen molar-refractivity contribution in [3.05, 3.63) is 36.2 Å². The van der Waals surface area contributed by atoms with Crippen molar-refractivity contribution in [1.82, 2.24) is 9.88 Å². The van der Waals surface area contributed by atoms with Gasteiger partial charge in [0.15, 0.2) is 6.10 Å². The summed E-state index contributed by atoms with van der Waals surface area (Å²) in [7, 11) is 1.16. The number of nitrogens with one attached hydrogen (secondary N) is 1. The lowest BCUT2D eigenvalue weighted by Gasteiger charge is -2.22. The van der Waals surface area contributed by atoms with Crippen LogP contribution in [0.25, 0.3) is 11.5 Å². The van der Waals surface area contributed by atoms with Crippen LogP contribution in [-0.4, -0.2) is 46.9 Å². The molecule has 1 aromatic carbocycles. The second kappa shape index (κ2) is 6.91. The summed E-state index contributed by atoms with van der Waals surface area (Å²) in [6.45, 7) is 0.963. The molecular formula is C15H16F3N3O3. The lowest BCUT2D eigenvalue weighted by atomic mass is 10.1. The first-order chi connectivity index (χ1) is 11.2. The number of carbonyl (C=O) groups excluding carboxylic acids is 1. The normalized spacial score (nSPS) is 12.8. The molecule has 1 heterocycles. The van der Waals surface area contributed by atoms with Gasteiger partial charge >= 0.3 is 12.2 Å². The molecule has 1 atom stereocenters. The summed E-state index contributed by atoms with van der Waals surface area (Å²) < 4.78 is 42.2. The Labute approximate surface area is 135 Å². The van der Waals surface area contributed by atoms with Gasteiger partial charge in [0, 0.05) is 18.3 Å². The minimum atomic E-state index is -4.78. The number of aliphatic hydroxyl groups is 1. The van der Waals surface area contributed by atoms with Crippen molar-refractivity contribution in [3.63, 3.8) is 0 Å². The number of anilines is 1. The van der Waals surface area contributed by atoms with Gasteiger partial charge in [-0.2, -0.15) is 13.2 Å². The molecule has 1 aromatic heterocycles. The molecule has 0 aliphatic rings. The molecule has 0 spiro atoms. The highest BCUT2D eigenvalue weighted by Gasteiger charge is 2.39. The zero-order valence-electron chi connectivity index (χ0n) is 13.0. The molecular weight excluding hydrogens is 327 g/mol. The molecule has 0 bridgehead atoms. The maximum absolute atomic E-state index is 12.3. The third kappa shape index (κ3) is 4.25. The number of aromatic nitrogens is 1. The fraction of sp³-hybridized carbons (Fsp3) is 0.333. The number of amides is 2. The van der Waals surface area contributed by atoms with E-state index in [1.54, 1.807) is 18.2 Å². The fourth-order valence-corrected chi connectivity index (χ4v) is 1.95. The van der Waals surface area contributed by atoms with Crippen molar-refractivity contribution in [2.24, 2.45) is 0 Å². The number of oxazole rings is 1. The van der Waals surface area contributed by atoms with E-state index in [4.69, 9.17) is 9.52 Å². The third-order valence-electron chi connectivity index (χ3n) is 3.32. The highest BCUT2D eigenvalue weighted by atomic mass is 19.4. The van der Waals surface area contributed by atoms with Crippen LogP contribution in [0.1, 0.15) is 5.56 Å².